The van der Waals surface area contributed by atoms with Crippen molar-refractivity contribution in [3.8, 4) is 5.75 Å². The number of nitrogens with two attached hydrogens (primary N) is 1. The van der Waals surface area contributed by atoms with Crippen LogP contribution in [0.2, 0.25) is 5.02 Å². The monoisotopic (exact) mass is 298 g/mol. The van der Waals surface area contributed by atoms with Crippen LogP contribution in [0, 0.1) is 0 Å². The van der Waals surface area contributed by atoms with E-state index in [0.717, 1.165) is 6.42 Å². The number of hydrogen-bond donors (Lipinski definition) is 2. The molecule has 1 aromatic rings. The van der Waals surface area contributed by atoms with Crippen molar-refractivity contribution in [1.29, 1.82) is 0 Å². The fourth-order valence-electron chi connectivity index (χ4n) is 2.55. The lowest BCUT2D eigenvalue weighted by molar-refractivity contribution is 0.0138. The predicted octanol–water partition coefficient (Wildman–Crippen LogP) is 1.62. The molecule has 1 aliphatic heterocycles. The highest BCUT2D eigenvalue weighted by molar-refractivity contribution is 6.31. The van der Waals surface area contributed by atoms with Crippen molar-refractivity contribution in [2.75, 3.05) is 20.2 Å². The van der Waals surface area contributed by atoms with Crippen LogP contribution in [0.15, 0.2) is 18.2 Å². The second-order valence-corrected chi connectivity index (χ2v) is 5.37. The molecule has 0 aromatic heterocycles. The number of carbonyl (C=O) groups excluding carboxylic acids is 1. The molecule has 0 bridgehead atoms. The molecule has 110 valence electrons. The number of ether oxygens (including phenoxy) is 1. The number of carbonyl (C=O) groups is 1. The van der Waals surface area contributed by atoms with Crippen LogP contribution in [0.4, 0.5) is 0 Å². The van der Waals surface area contributed by atoms with E-state index >= 15 is 0 Å². The molecule has 1 aliphatic rings. The fourth-order valence-corrected chi connectivity index (χ4v) is 2.73. The number of benzene rings is 1. The van der Waals surface area contributed by atoms with Gasteiger partial charge in [0.1, 0.15) is 5.75 Å². The fraction of sp³-hybridized carbons (Fsp3) is 0.500. The van der Waals surface area contributed by atoms with Gasteiger partial charge in [0.15, 0.2) is 0 Å². The lowest BCUT2D eigenvalue weighted by Gasteiger charge is -2.38. The number of piperidine rings is 1. The summed E-state index contributed by atoms with van der Waals surface area (Å²) in [5, 5.41) is 10.2. The first kappa shape index (κ1) is 15.1. The predicted molar refractivity (Wildman–Crippen MR) is 77.0 cm³/mol. The van der Waals surface area contributed by atoms with Crippen molar-refractivity contribution in [2.24, 2.45) is 5.73 Å². The largest absolute Gasteiger partial charge is 0.507 e. The normalized spacial score (nSPS) is 22.9. The highest BCUT2D eigenvalue weighted by atomic mass is 35.5. The molecule has 2 unspecified atom stereocenters. The molecule has 1 amide bonds. The van der Waals surface area contributed by atoms with Gasteiger partial charge in [0.25, 0.3) is 5.91 Å². The maximum absolute atomic E-state index is 12.5. The number of amides is 1. The third-order valence-electron chi connectivity index (χ3n) is 3.72. The van der Waals surface area contributed by atoms with Gasteiger partial charge < -0.3 is 20.5 Å². The summed E-state index contributed by atoms with van der Waals surface area (Å²) in [7, 11) is 1.67. The second-order valence-electron chi connectivity index (χ2n) is 4.93. The number of halogens is 1. The Labute approximate surface area is 123 Å². The van der Waals surface area contributed by atoms with Gasteiger partial charge in [-0.1, -0.05) is 11.6 Å². The maximum atomic E-state index is 12.5. The van der Waals surface area contributed by atoms with Crippen molar-refractivity contribution < 1.29 is 14.6 Å². The van der Waals surface area contributed by atoms with Gasteiger partial charge in [0.2, 0.25) is 0 Å². The summed E-state index contributed by atoms with van der Waals surface area (Å²) in [6, 6.07) is 4.37. The van der Waals surface area contributed by atoms with Gasteiger partial charge in [-0.15, -0.1) is 0 Å². The maximum Gasteiger partial charge on any atom is 0.257 e. The van der Waals surface area contributed by atoms with E-state index in [4.69, 9.17) is 22.1 Å². The van der Waals surface area contributed by atoms with Gasteiger partial charge in [0, 0.05) is 31.3 Å². The third-order valence-corrected chi connectivity index (χ3v) is 3.96. The van der Waals surface area contributed by atoms with Crippen molar-refractivity contribution in [3.05, 3.63) is 28.8 Å². The van der Waals surface area contributed by atoms with Crippen molar-refractivity contribution in [3.63, 3.8) is 0 Å². The zero-order valence-corrected chi connectivity index (χ0v) is 12.1. The first-order valence-corrected chi connectivity index (χ1v) is 6.97. The first-order valence-electron chi connectivity index (χ1n) is 6.59. The number of aromatic hydroxyl groups is 1. The molecule has 1 saturated heterocycles. The molecule has 0 aliphatic carbocycles. The van der Waals surface area contributed by atoms with E-state index in [1.807, 2.05) is 0 Å². The van der Waals surface area contributed by atoms with E-state index in [0.29, 0.717) is 24.5 Å². The zero-order valence-electron chi connectivity index (χ0n) is 11.4. The summed E-state index contributed by atoms with van der Waals surface area (Å²) in [6.45, 7) is 0.929. The molecule has 20 heavy (non-hydrogen) atoms. The Morgan fingerprint density at radius 2 is 2.35 bits per heavy atom. The molecule has 2 rings (SSSR count). The Morgan fingerprint density at radius 3 is 3.00 bits per heavy atom. The Hall–Kier alpha value is -1.30. The van der Waals surface area contributed by atoms with E-state index in [1.54, 1.807) is 18.1 Å². The molecule has 0 saturated carbocycles. The average Bonchev–Trinajstić information content (AvgIpc) is 2.48. The summed E-state index contributed by atoms with van der Waals surface area (Å²) < 4.78 is 5.34. The number of likely N-dealkylation sites (tertiary alicyclic amines) is 1. The summed E-state index contributed by atoms with van der Waals surface area (Å²) >= 11 is 5.89. The molecule has 1 aromatic carbocycles. The van der Waals surface area contributed by atoms with E-state index in [1.165, 1.54) is 12.1 Å². The summed E-state index contributed by atoms with van der Waals surface area (Å²) in [5.41, 5.74) is 5.97. The minimum absolute atomic E-state index is 0.0657. The van der Waals surface area contributed by atoms with E-state index in [9.17, 15) is 9.90 Å². The molecule has 1 fully saturated rings. The van der Waals surface area contributed by atoms with Gasteiger partial charge in [-0.05, 0) is 31.0 Å². The van der Waals surface area contributed by atoms with E-state index < -0.39 is 0 Å². The summed E-state index contributed by atoms with van der Waals surface area (Å²) in [5.74, 6) is -0.306. The average molecular weight is 299 g/mol. The number of methoxy groups -OCH3 is 1. The minimum atomic E-state index is -0.241. The lowest BCUT2D eigenvalue weighted by Crippen LogP contribution is -2.51. The van der Waals surface area contributed by atoms with Crippen LogP contribution < -0.4 is 5.73 Å². The topological polar surface area (TPSA) is 75.8 Å². The van der Waals surface area contributed by atoms with Crippen LogP contribution in [0.1, 0.15) is 23.2 Å². The highest BCUT2D eigenvalue weighted by Crippen LogP contribution is 2.27. The Balaban J connectivity index is 2.21. The van der Waals surface area contributed by atoms with Gasteiger partial charge in [-0.3, -0.25) is 4.79 Å². The van der Waals surface area contributed by atoms with Crippen molar-refractivity contribution in [2.45, 2.75) is 25.0 Å². The van der Waals surface area contributed by atoms with Crippen LogP contribution in [-0.2, 0) is 4.74 Å². The van der Waals surface area contributed by atoms with Gasteiger partial charge >= 0.3 is 0 Å². The van der Waals surface area contributed by atoms with Gasteiger partial charge in [0.05, 0.1) is 11.7 Å². The zero-order chi connectivity index (χ0) is 14.7. The standard InChI is InChI=1S/C14H19ClN2O3/c1-20-11-4-5-17(10(7-11)8-16)14(19)12-6-9(15)2-3-13(12)18/h2-3,6,10-11,18H,4-5,7-8,16H2,1H3. The van der Waals surface area contributed by atoms with E-state index in [-0.39, 0.29) is 29.4 Å². The Kier molecular flexibility index (Phi) is 4.86. The number of phenolic OH excluding ortho intramolecular Hbond substituents is 1. The number of hydrogen-bond acceptors (Lipinski definition) is 4. The van der Waals surface area contributed by atoms with Crippen LogP contribution >= 0.6 is 11.6 Å². The van der Waals surface area contributed by atoms with Crippen LogP contribution in [0.25, 0.3) is 0 Å². The molecule has 3 N–H and O–H groups in total. The van der Waals surface area contributed by atoms with Gasteiger partial charge in [-0.2, -0.15) is 0 Å². The van der Waals surface area contributed by atoms with Crippen molar-refractivity contribution >= 4 is 17.5 Å². The Bertz CT molecular complexity index is 495. The summed E-state index contributed by atoms with van der Waals surface area (Å²) in [4.78, 5) is 14.2. The van der Waals surface area contributed by atoms with Crippen molar-refractivity contribution in [1.82, 2.24) is 4.90 Å². The number of phenols is 1. The first-order chi connectivity index (χ1) is 9.56. The SMILES string of the molecule is COC1CCN(C(=O)c2cc(Cl)ccc2O)C(CN)C1. The molecule has 5 nitrogen and oxygen atoms in total. The minimum Gasteiger partial charge on any atom is -0.507 e. The van der Waals surface area contributed by atoms with Gasteiger partial charge in [-0.25, -0.2) is 0 Å². The molecule has 1 heterocycles. The molecule has 6 heteroatoms. The molecular weight excluding hydrogens is 280 g/mol. The molecule has 0 radical (unpaired) electrons. The van der Waals surface area contributed by atoms with Crippen LogP contribution in [0.5, 0.6) is 5.75 Å². The molecule has 0 spiro atoms. The number of rotatable bonds is 3. The Morgan fingerprint density at radius 1 is 1.60 bits per heavy atom. The van der Waals surface area contributed by atoms with Crippen LogP contribution in [0.3, 0.4) is 0 Å². The van der Waals surface area contributed by atoms with E-state index in [2.05, 4.69) is 0 Å². The molecular formula is C14H19ClN2O3. The molecule has 2 atom stereocenters. The van der Waals surface area contributed by atoms with Crippen LogP contribution in [-0.4, -0.2) is 48.3 Å². The summed E-state index contributed by atoms with van der Waals surface area (Å²) in [6.07, 6.45) is 1.60. The third kappa shape index (κ3) is 3.06. The quantitative estimate of drug-likeness (QED) is 0.889. The number of nitrogens with zero attached hydrogens (tertiary/aromatic N) is 1. The lowest BCUT2D eigenvalue weighted by atomic mass is 9.98. The second kappa shape index (κ2) is 6.43. The highest BCUT2D eigenvalue weighted by Gasteiger charge is 2.32. The smallest absolute Gasteiger partial charge is 0.257 e.